The zero-order valence-corrected chi connectivity index (χ0v) is 13.7. The van der Waals surface area contributed by atoms with E-state index < -0.39 is 0 Å². The van der Waals surface area contributed by atoms with E-state index in [1.54, 1.807) is 0 Å². The van der Waals surface area contributed by atoms with E-state index in [9.17, 15) is 0 Å². The third-order valence-electron chi connectivity index (χ3n) is 3.56. The lowest BCUT2D eigenvalue weighted by molar-refractivity contribution is 0.352. The Bertz CT molecular complexity index is 379. The Hall–Kier alpha value is -0.240. The molecule has 1 aromatic rings. The fraction of sp³-hybridized carbons (Fsp3) is 0.625. The number of rotatable bonds is 8. The normalized spacial score (nSPS) is 14.4. The largest absolute Gasteiger partial charge is 0.313 e. The highest BCUT2D eigenvalue weighted by atomic mass is 35.5. The number of benzene rings is 1. The molecule has 0 saturated heterocycles. The van der Waals surface area contributed by atoms with Gasteiger partial charge in [-0.05, 0) is 43.4 Å². The minimum Gasteiger partial charge on any atom is -0.313 e. The molecule has 19 heavy (non-hydrogen) atoms. The second-order valence-corrected chi connectivity index (χ2v) is 6.03. The lowest BCUT2D eigenvalue weighted by atomic mass is 9.91. The van der Waals surface area contributed by atoms with Crippen molar-refractivity contribution in [2.24, 2.45) is 5.92 Å². The molecule has 2 atom stereocenters. The Morgan fingerprint density at radius 3 is 2.53 bits per heavy atom. The minimum atomic E-state index is 0.468. The molecule has 1 N–H and O–H groups in total. The molecule has 0 radical (unpaired) electrons. The van der Waals surface area contributed by atoms with Gasteiger partial charge in [-0.1, -0.05) is 62.5 Å². The Morgan fingerprint density at radius 2 is 1.89 bits per heavy atom. The van der Waals surface area contributed by atoms with Crippen LogP contribution in [0.25, 0.3) is 0 Å². The molecule has 0 amide bonds. The van der Waals surface area contributed by atoms with Crippen LogP contribution in [0.2, 0.25) is 10.0 Å². The molecule has 1 rings (SSSR count). The number of hydrogen-bond acceptors (Lipinski definition) is 1. The Kier molecular flexibility index (Phi) is 7.82. The predicted molar refractivity (Wildman–Crippen MR) is 86.3 cm³/mol. The van der Waals surface area contributed by atoms with Crippen molar-refractivity contribution in [1.29, 1.82) is 0 Å². The molecule has 0 spiro atoms. The molecule has 3 heteroatoms. The van der Waals surface area contributed by atoms with Crippen molar-refractivity contribution in [3.05, 3.63) is 33.8 Å². The summed E-state index contributed by atoms with van der Waals surface area (Å²) in [6.07, 6.45) is 4.55. The summed E-state index contributed by atoms with van der Waals surface area (Å²) in [5.41, 5.74) is 1.14. The summed E-state index contributed by atoms with van der Waals surface area (Å²) >= 11 is 12.4. The topological polar surface area (TPSA) is 12.0 Å². The second kappa shape index (κ2) is 8.84. The van der Waals surface area contributed by atoms with Crippen LogP contribution in [-0.4, -0.2) is 12.6 Å². The molecule has 0 heterocycles. The van der Waals surface area contributed by atoms with Gasteiger partial charge in [0, 0.05) is 6.04 Å². The van der Waals surface area contributed by atoms with Gasteiger partial charge in [-0.25, -0.2) is 0 Å². The van der Waals surface area contributed by atoms with Crippen molar-refractivity contribution < 1.29 is 0 Å². The molecular weight excluding hydrogens is 277 g/mol. The van der Waals surface area contributed by atoms with E-state index in [-0.39, 0.29) is 0 Å². The lowest BCUT2D eigenvalue weighted by Crippen LogP contribution is -2.37. The molecule has 0 saturated carbocycles. The molecule has 0 fully saturated rings. The first-order chi connectivity index (χ1) is 9.10. The van der Waals surface area contributed by atoms with Crippen LogP contribution < -0.4 is 5.32 Å². The molecule has 0 aliphatic heterocycles. The standard InChI is InChI=1S/C16H25Cl2N/c1-4-7-12(3)15(19-10-5-2)11-13-8-6-9-14(17)16(13)18/h6,8-9,12,15,19H,4-5,7,10-11H2,1-3H3. The smallest absolute Gasteiger partial charge is 0.0624 e. The van der Waals surface area contributed by atoms with E-state index in [1.807, 2.05) is 12.1 Å². The third kappa shape index (κ3) is 5.33. The van der Waals surface area contributed by atoms with Gasteiger partial charge in [-0.15, -0.1) is 0 Å². The predicted octanol–water partition coefficient (Wildman–Crippen LogP) is 5.34. The van der Waals surface area contributed by atoms with Crippen molar-refractivity contribution in [3.63, 3.8) is 0 Å². The fourth-order valence-corrected chi connectivity index (χ4v) is 2.80. The van der Waals surface area contributed by atoms with Gasteiger partial charge in [0.2, 0.25) is 0 Å². The Labute approximate surface area is 127 Å². The van der Waals surface area contributed by atoms with Gasteiger partial charge < -0.3 is 5.32 Å². The number of nitrogens with one attached hydrogen (secondary N) is 1. The lowest BCUT2D eigenvalue weighted by Gasteiger charge is -2.25. The maximum atomic E-state index is 6.29. The van der Waals surface area contributed by atoms with Crippen LogP contribution in [0, 0.1) is 5.92 Å². The highest BCUT2D eigenvalue weighted by Gasteiger charge is 2.18. The zero-order valence-electron chi connectivity index (χ0n) is 12.2. The van der Waals surface area contributed by atoms with Crippen molar-refractivity contribution in [2.75, 3.05) is 6.54 Å². The van der Waals surface area contributed by atoms with Crippen molar-refractivity contribution in [1.82, 2.24) is 5.32 Å². The zero-order chi connectivity index (χ0) is 14.3. The molecule has 0 aromatic heterocycles. The van der Waals surface area contributed by atoms with Crippen molar-refractivity contribution in [2.45, 2.75) is 52.5 Å². The Morgan fingerprint density at radius 1 is 1.16 bits per heavy atom. The maximum absolute atomic E-state index is 6.29. The summed E-state index contributed by atoms with van der Waals surface area (Å²) in [6.45, 7) is 7.80. The van der Waals surface area contributed by atoms with E-state index in [0.717, 1.165) is 24.9 Å². The van der Waals surface area contributed by atoms with E-state index in [2.05, 4.69) is 32.2 Å². The van der Waals surface area contributed by atoms with Crippen LogP contribution in [0.4, 0.5) is 0 Å². The van der Waals surface area contributed by atoms with E-state index in [0.29, 0.717) is 22.0 Å². The molecular formula is C16H25Cl2N. The van der Waals surface area contributed by atoms with Gasteiger partial charge in [-0.2, -0.15) is 0 Å². The molecule has 1 nitrogen and oxygen atoms in total. The van der Waals surface area contributed by atoms with Crippen LogP contribution in [0.15, 0.2) is 18.2 Å². The van der Waals surface area contributed by atoms with Crippen molar-refractivity contribution in [3.8, 4) is 0 Å². The first-order valence-corrected chi connectivity index (χ1v) is 8.02. The summed E-state index contributed by atoms with van der Waals surface area (Å²) in [7, 11) is 0. The van der Waals surface area contributed by atoms with Gasteiger partial charge in [0.05, 0.1) is 10.0 Å². The third-order valence-corrected chi connectivity index (χ3v) is 4.42. The van der Waals surface area contributed by atoms with Gasteiger partial charge >= 0.3 is 0 Å². The van der Waals surface area contributed by atoms with Crippen LogP contribution in [0.1, 0.15) is 45.6 Å². The average molecular weight is 302 g/mol. The maximum Gasteiger partial charge on any atom is 0.0624 e. The molecule has 1 aromatic carbocycles. The van der Waals surface area contributed by atoms with Crippen molar-refractivity contribution >= 4 is 23.2 Å². The first kappa shape index (κ1) is 16.8. The van der Waals surface area contributed by atoms with E-state index in [1.165, 1.54) is 12.8 Å². The SMILES string of the molecule is CCCNC(Cc1cccc(Cl)c1Cl)C(C)CCC. The van der Waals surface area contributed by atoms with Gasteiger partial charge in [0.15, 0.2) is 0 Å². The fourth-order valence-electron chi connectivity index (χ4n) is 2.40. The molecule has 108 valence electrons. The summed E-state index contributed by atoms with van der Waals surface area (Å²) in [4.78, 5) is 0. The molecule has 0 aliphatic rings. The average Bonchev–Trinajstić information content (AvgIpc) is 2.39. The van der Waals surface area contributed by atoms with Gasteiger partial charge in [0.25, 0.3) is 0 Å². The Balaban J connectivity index is 2.78. The number of hydrogen-bond donors (Lipinski definition) is 1. The summed E-state index contributed by atoms with van der Waals surface area (Å²) in [5, 5.41) is 5.00. The monoisotopic (exact) mass is 301 g/mol. The second-order valence-electron chi connectivity index (χ2n) is 5.24. The summed E-state index contributed by atoms with van der Waals surface area (Å²) < 4.78 is 0. The highest BCUT2D eigenvalue weighted by Crippen LogP contribution is 2.27. The van der Waals surface area contributed by atoms with Gasteiger partial charge in [0.1, 0.15) is 0 Å². The summed E-state index contributed by atoms with van der Waals surface area (Å²) in [5.74, 6) is 0.645. The van der Waals surface area contributed by atoms with Gasteiger partial charge in [-0.3, -0.25) is 0 Å². The summed E-state index contributed by atoms with van der Waals surface area (Å²) in [6, 6.07) is 6.37. The van der Waals surface area contributed by atoms with Crippen LogP contribution in [0.5, 0.6) is 0 Å². The van der Waals surface area contributed by atoms with E-state index in [4.69, 9.17) is 23.2 Å². The quantitative estimate of drug-likeness (QED) is 0.683. The first-order valence-electron chi connectivity index (χ1n) is 7.26. The van der Waals surface area contributed by atoms with Crippen LogP contribution in [0.3, 0.4) is 0 Å². The minimum absolute atomic E-state index is 0.468. The van der Waals surface area contributed by atoms with E-state index >= 15 is 0 Å². The molecule has 2 unspecified atom stereocenters. The van der Waals surface area contributed by atoms with Crippen LogP contribution >= 0.6 is 23.2 Å². The number of halogens is 2. The van der Waals surface area contributed by atoms with Crippen LogP contribution in [-0.2, 0) is 6.42 Å². The molecule has 0 bridgehead atoms. The highest BCUT2D eigenvalue weighted by molar-refractivity contribution is 6.42. The molecule has 0 aliphatic carbocycles.